The lowest BCUT2D eigenvalue weighted by molar-refractivity contribution is 0.378. The molecule has 0 aliphatic rings. The minimum atomic E-state index is 0.490. The highest BCUT2D eigenvalue weighted by molar-refractivity contribution is 6.30. The average Bonchev–Trinajstić information content (AvgIpc) is 3.38. The van der Waals surface area contributed by atoms with Crippen LogP contribution >= 0.6 is 11.6 Å². The maximum Gasteiger partial charge on any atom is 0.228 e. The molecule has 0 aliphatic carbocycles. The summed E-state index contributed by atoms with van der Waals surface area (Å²) in [5, 5.41) is 19.4. The number of hydrogen-bond donors (Lipinski definition) is 2. The molecule has 29 heavy (non-hydrogen) atoms. The van der Waals surface area contributed by atoms with Crippen molar-refractivity contribution in [2.45, 2.75) is 13.0 Å². The molecule has 0 unspecified atom stereocenters. The van der Waals surface area contributed by atoms with Crippen molar-refractivity contribution in [3.63, 3.8) is 0 Å². The summed E-state index contributed by atoms with van der Waals surface area (Å²) in [5.74, 6) is 2.49. The summed E-state index contributed by atoms with van der Waals surface area (Å²) in [6.07, 6.45) is 2.48. The Hall–Kier alpha value is -3.46. The van der Waals surface area contributed by atoms with Crippen molar-refractivity contribution in [1.29, 1.82) is 0 Å². The Kier molecular flexibility index (Phi) is 5.66. The fraction of sp³-hybridized carbons (Fsp3) is 0.211. The molecule has 3 aromatic heterocycles. The van der Waals surface area contributed by atoms with E-state index < -0.39 is 0 Å². The number of halogens is 1. The van der Waals surface area contributed by atoms with Crippen molar-refractivity contribution < 1.29 is 4.52 Å². The van der Waals surface area contributed by atoms with E-state index in [4.69, 9.17) is 16.1 Å². The number of pyridine rings is 1. The number of fused-ring (bicyclic) bond motifs is 1. The molecule has 0 amide bonds. The molecule has 0 saturated heterocycles. The smallest absolute Gasteiger partial charge is 0.228 e. The van der Waals surface area contributed by atoms with Gasteiger partial charge in [0.1, 0.15) is 0 Å². The molecule has 0 spiro atoms. The molecule has 148 valence electrons. The summed E-state index contributed by atoms with van der Waals surface area (Å²) in [5.41, 5.74) is 1.62. The lowest BCUT2D eigenvalue weighted by atomic mass is 10.2. The highest BCUT2D eigenvalue weighted by Gasteiger charge is 2.10. The number of guanidine groups is 1. The molecule has 3 heterocycles. The zero-order valence-electron chi connectivity index (χ0n) is 15.7. The van der Waals surface area contributed by atoms with Crippen molar-refractivity contribution in [2.75, 3.05) is 13.6 Å². The molecule has 0 saturated carbocycles. The first-order valence-corrected chi connectivity index (χ1v) is 9.42. The second-order valence-corrected chi connectivity index (χ2v) is 6.61. The molecule has 0 aliphatic heterocycles. The van der Waals surface area contributed by atoms with E-state index in [2.05, 4.69) is 36.0 Å². The van der Waals surface area contributed by atoms with Crippen LogP contribution in [0.15, 0.2) is 58.2 Å². The van der Waals surface area contributed by atoms with Crippen molar-refractivity contribution >= 4 is 23.2 Å². The Morgan fingerprint density at radius 3 is 2.97 bits per heavy atom. The van der Waals surface area contributed by atoms with Crippen molar-refractivity contribution in [1.82, 2.24) is 35.4 Å². The molecule has 10 heteroatoms. The Balaban J connectivity index is 1.29. The van der Waals surface area contributed by atoms with Crippen LogP contribution in [-0.2, 0) is 13.0 Å². The van der Waals surface area contributed by atoms with E-state index >= 15 is 0 Å². The van der Waals surface area contributed by atoms with Crippen LogP contribution in [0.1, 0.15) is 11.7 Å². The molecule has 0 fully saturated rings. The first-order valence-electron chi connectivity index (χ1n) is 9.04. The van der Waals surface area contributed by atoms with Gasteiger partial charge in [-0.3, -0.25) is 9.39 Å². The van der Waals surface area contributed by atoms with Crippen LogP contribution in [0, 0.1) is 0 Å². The quantitative estimate of drug-likeness (QED) is 0.371. The Morgan fingerprint density at radius 1 is 1.17 bits per heavy atom. The monoisotopic (exact) mass is 410 g/mol. The second-order valence-electron chi connectivity index (χ2n) is 6.17. The maximum absolute atomic E-state index is 6.01. The lowest BCUT2D eigenvalue weighted by Crippen LogP contribution is -2.38. The third kappa shape index (κ3) is 4.52. The summed E-state index contributed by atoms with van der Waals surface area (Å²) >= 11 is 6.01. The van der Waals surface area contributed by atoms with Gasteiger partial charge >= 0.3 is 0 Å². The number of benzene rings is 1. The third-order valence-electron chi connectivity index (χ3n) is 4.20. The zero-order valence-corrected chi connectivity index (χ0v) is 16.5. The van der Waals surface area contributed by atoms with Crippen molar-refractivity contribution in [3.05, 3.63) is 65.4 Å². The average molecular weight is 411 g/mol. The molecular formula is C19H19ClN8O. The van der Waals surface area contributed by atoms with Crippen molar-refractivity contribution in [2.24, 2.45) is 4.99 Å². The Morgan fingerprint density at radius 2 is 2.10 bits per heavy atom. The number of nitrogens with one attached hydrogen (secondary N) is 2. The maximum atomic E-state index is 6.01. The summed E-state index contributed by atoms with van der Waals surface area (Å²) in [6.45, 7) is 1.07. The van der Waals surface area contributed by atoms with Gasteiger partial charge in [0.15, 0.2) is 17.4 Å². The fourth-order valence-corrected chi connectivity index (χ4v) is 2.97. The highest BCUT2D eigenvalue weighted by atomic mass is 35.5. The van der Waals surface area contributed by atoms with Gasteiger partial charge in [0, 0.05) is 36.8 Å². The lowest BCUT2D eigenvalue weighted by Gasteiger charge is -2.10. The van der Waals surface area contributed by atoms with Crippen molar-refractivity contribution in [3.8, 4) is 11.4 Å². The van der Waals surface area contributed by atoms with E-state index in [1.807, 2.05) is 40.9 Å². The van der Waals surface area contributed by atoms with Gasteiger partial charge in [0.05, 0.1) is 6.54 Å². The van der Waals surface area contributed by atoms with Crippen LogP contribution in [0.3, 0.4) is 0 Å². The highest BCUT2D eigenvalue weighted by Crippen LogP contribution is 2.19. The minimum Gasteiger partial charge on any atom is -0.356 e. The molecule has 0 bridgehead atoms. The van der Waals surface area contributed by atoms with Crippen LogP contribution in [0.25, 0.3) is 17.0 Å². The summed E-state index contributed by atoms with van der Waals surface area (Å²) < 4.78 is 7.24. The van der Waals surface area contributed by atoms with Gasteiger partial charge in [0.25, 0.3) is 0 Å². The van der Waals surface area contributed by atoms with Crippen LogP contribution in [0.2, 0.25) is 5.02 Å². The van der Waals surface area contributed by atoms with Gasteiger partial charge in [-0.2, -0.15) is 4.98 Å². The van der Waals surface area contributed by atoms with E-state index in [-0.39, 0.29) is 0 Å². The number of rotatable bonds is 6. The number of hydrogen-bond acceptors (Lipinski definition) is 6. The van der Waals surface area contributed by atoms with Crippen LogP contribution < -0.4 is 10.6 Å². The molecular weight excluding hydrogens is 392 g/mol. The fourth-order valence-electron chi connectivity index (χ4n) is 2.78. The first kappa shape index (κ1) is 18.9. The third-order valence-corrected chi connectivity index (χ3v) is 4.44. The van der Waals surface area contributed by atoms with Crippen LogP contribution in [0.4, 0.5) is 0 Å². The minimum absolute atomic E-state index is 0.490. The van der Waals surface area contributed by atoms with Crippen LogP contribution in [0.5, 0.6) is 0 Å². The van der Waals surface area contributed by atoms with E-state index in [1.54, 1.807) is 19.2 Å². The molecule has 4 aromatic rings. The number of aromatic nitrogens is 5. The number of aliphatic imine (C=N–C) groups is 1. The van der Waals surface area contributed by atoms with Gasteiger partial charge in [-0.15, -0.1) is 10.2 Å². The van der Waals surface area contributed by atoms with Crippen LogP contribution in [-0.4, -0.2) is 44.3 Å². The Bertz CT molecular complexity index is 1140. The van der Waals surface area contributed by atoms with E-state index in [0.29, 0.717) is 42.2 Å². The topological polar surface area (TPSA) is 106 Å². The summed E-state index contributed by atoms with van der Waals surface area (Å²) in [7, 11) is 1.71. The first-order chi connectivity index (χ1) is 14.2. The van der Waals surface area contributed by atoms with E-state index in [0.717, 1.165) is 17.0 Å². The molecule has 2 N–H and O–H groups in total. The van der Waals surface area contributed by atoms with Gasteiger partial charge < -0.3 is 15.2 Å². The van der Waals surface area contributed by atoms with Gasteiger partial charge in [-0.1, -0.05) is 35.0 Å². The van der Waals surface area contributed by atoms with Gasteiger partial charge in [-0.05, 0) is 24.3 Å². The van der Waals surface area contributed by atoms with Gasteiger partial charge in [0.2, 0.25) is 11.7 Å². The molecule has 4 rings (SSSR count). The summed E-state index contributed by atoms with van der Waals surface area (Å²) in [6, 6.07) is 13.1. The van der Waals surface area contributed by atoms with E-state index in [1.165, 1.54) is 0 Å². The standard InChI is InChI=1S/C19H19ClN8O/c1-21-19(23-12-16-26-25-15-7-2-3-10-28(15)16)22-9-8-17-24-18(27-29-17)13-5-4-6-14(20)11-13/h2-7,10-11H,8-9,12H2,1H3,(H2,21,22,23). The second kappa shape index (κ2) is 8.70. The molecule has 1 aromatic carbocycles. The zero-order chi connectivity index (χ0) is 20.1. The largest absolute Gasteiger partial charge is 0.356 e. The molecule has 0 atom stereocenters. The predicted octanol–water partition coefficient (Wildman–Crippen LogP) is 2.34. The molecule has 0 radical (unpaired) electrons. The SMILES string of the molecule is CN=C(NCCc1nc(-c2cccc(Cl)c2)no1)NCc1nnc2ccccn12. The van der Waals surface area contributed by atoms with Gasteiger partial charge in [-0.25, -0.2) is 0 Å². The Labute approximate surface area is 171 Å². The normalized spacial score (nSPS) is 11.7. The van der Waals surface area contributed by atoms with E-state index in [9.17, 15) is 0 Å². The molecule has 9 nitrogen and oxygen atoms in total. The predicted molar refractivity (Wildman–Crippen MR) is 110 cm³/mol. The number of nitrogens with zero attached hydrogens (tertiary/aromatic N) is 6. The summed E-state index contributed by atoms with van der Waals surface area (Å²) in [4.78, 5) is 8.62.